The van der Waals surface area contributed by atoms with Gasteiger partial charge in [0.15, 0.2) is 0 Å². The van der Waals surface area contributed by atoms with Gasteiger partial charge >= 0.3 is 0 Å². The number of aliphatic hydroxyl groups excluding tert-OH is 1. The Kier molecular flexibility index (Phi) is 11.3. The first-order chi connectivity index (χ1) is 20.2. The molecule has 1 aliphatic heterocycles. The SMILES string of the molecule is CCNc1cc(C(=O)N[C@@H](Cc2ccccc2)[C@H](O)CNC(CC)c2cccc(Cl)c2)cc(N2CCCCS2(=O)=O)c1. The van der Waals surface area contributed by atoms with E-state index in [1.807, 2.05) is 61.5 Å². The van der Waals surface area contributed by atoms with Crippen molar-refractivity contribution in [2.24, 2.45) is 0 Å². The van der Waals surface area contributed by atoms with Crippen molar-refractivity contribution in [3.05, 3.63) is 94.5 Å². The molecule has 3 aromatic carbocycles. The summed E-state index contributed by atoms with van der Waals surface area (Å²) in [6.07, 6.45) is 1.70. The maximum atomic E-state index is 13.7. The topological polar surface area (TPSA) is 111 Å². The minimum atomic E-state index is -3.45. The van der Waals surface area contributed by atoms with E-state index in [0.29, 0.717) is 47.9 Å². The number of rotatable bonds is 13. The van der Waals surface area contributed by atoms with Gasteiger partial charge in [-0.05, 0) is 74.1 Å². The summed E-state index contributed by atoms with van der Waals surface area (Å²) in [5.74, 6) is -0.293. The third-order valence-electron chi connectivity index (χ3n) is 7.51. The molecule has 4 rings (SSSR count). The zero-order valence-electron chi connectivity index (χ0n) is 24.2. The summed E-state index contributed by atoms with van der Waals surface area (Å²) in [6, 6.07) is 21.8. The summed E-state index contributed by atoms with van der Waals surface area (Å²) in [6.45, 7) is 5.24. The van der Waals surface area contributed by atoms with Crippen LogP contribution in [-0.2, 0) is 16.4 Å². The molecule has 0 bridgehead atoms. The number of amides is 1. The quantitative estimate of drug-likeness (QED) is 0.213. The second kappa shape index (κ2) is 14.9. The van der Waals surface area contributed by atoms with Crippen molar-refractivity contribution in [3.63, 3.8) is 0 Å². The summed E-state index contributed by atoms with van der Waals surface area (Å²) < 4.78 is 27.1. The first-order valence-electron chi connectivity index (χ1n) is 14.6. The lowest BCUT2D eigenvalue weighted by molar-refractivity contribution is 0.0824. The maximum Gasteiger partial charge on any atom is 0.251 e. The van der Waals surface area contributed by atoms with Crippen LogP contribution in [0.3, 0.4) is 0 Å². The average molecular weight is 613 g/mol. The molecule has 3 atom stereocenters. The van der Waals surface area contributed by atoms with Gasteiger partial charge in [0, 0.05) is 41.9 Å². The van der Waals surface area contributed by atoms with Gasteiger partial charge in [-0.15, -0.1) is 0 Å². The lowest BCUT2D eigenvalue weighted by atomic mass is 9.99. The molecule has 1 aliphatic rings. The molecule has 0 spiro atoms. The van der Waals surface area contributed by atoms with E-state index in [9.17, 15) is 18.3 Å². The second-order valence-corrected chi connectivity index (χ2v) is 13.1. The van der Waals surface area contributed by atoms with Crippen molar-refractivity contribution < 1.29 is 18.3 Å². The van der Waals surface area contributed by atoms with E-state index in [1.165, 1.54) is 4.31 Å². The van der Waals surface area contributed by atoms with Gasteiger partial charge in [-0.2, -0.15) is 0 Å². The van der Waals surface area contributed by atoms with Crippen LogP contribution in [0, 0.1) is 0 Å². The fourth-order valence-electron chi connectivity index (χ4n) is 5.30. The zero-order chi connectivity index (χ0) is 30.1. The molecule has 4 N–H and O–H groups in total. The van der Waals surface area contributed by atoms with Crippen molar-refractivity contribution in [1.82, 2.24) is 10.6 Å². The van der Waals surface area contributed by atoms with Crippen molar-refractivity contribution in [2.75, 3.05) is 35.0 Å². The van der Waals surface area contributed by atoms with Crippen LogP contribution in [0.2, 0.25) is 5.02 Å². The monoisotopic (exact) mass is 612 g/mol. The number of halogens is 1. The largest absolute Gasteiger partial charge is 0.390 e. The maximum absolute atomic E-state index is 13.7. The van der Waals surface area contributed by atoms with Gasteiger partial charge in [0.25, 0.3) is 5.91 Å². The van der Waals surface area contributed by atoms with Crippen molar-refractivity contribution in [3.8, 4) is 0 Å². The predicted octanol–water partition coefficient (Wildman–Crippen LogP) is 5.14. The smallest absolute Gasteiger partial charge is 0.251 e. The lowest BCUT2D eigenvalue weighted by Gasteiger charge is -2.29. The number of nitrogens with zero attached hydrogens (tertiary/aromatic N) is 1. The molecule has 0 saturated carbocycles. The molecule has 0 radical (unpaired) electrons. The number of hydrogen-bond acceptors (Lipinski definition) is 6. The van der Waals surface area contributed by atoms with Gasteiger partial charge in [0.2, 0.25) is 10.0 Å². The van der Waals surface area contributed by atoms with E-state index >= 15 is 0 Å². The number of hydrogen-bond donors (Lipinski definition) is 4. The van der Waals surface area contributed by atoms with E-state index in [2.05, 4.69) is 22.9 Å². The van der Waals surface area contributed by atoms with Crippen LogP contribution >= 0.6 is 11.6 Å². The molecule has 1 fully saturated rings. The van der Waals surface area contributed by atoms with Gasteiger partial charge < -0.3 is 21.1 Å². The Balaban J connectivity index is 1.56. The highest BCUT2D eigenvalue weighted by Gasteiger charge is 2.28. The third-order valence-corrected chi connectivity index (χ3v) is 9.61. The standard InChI is InChI=1S/C32H41ClN4O4S/c1-3-29(24-13-10-14-26(33)18-24)35-22-31(38)30(17-23-11-6-5-7-12-23)36-32(39)25-19-27(34-4-2)21-28(20-25)37-15-8-9-16-42(37,40)41/h5-7,10-14,18-21,29-31,34-35,38H,3-4,8-9,15-17,22H2,1-2H3,(H,36,39)/t29?,30-,31+/m0/s1. The fourth-order valence-corrected chi connectivity index (χ4v) is 7.12. The second-order valence-electron chi connectivity index (χ2n) is 10.7. The minimum absolute atomic E-state index is 0.0164. The number of carbonyl (C=O) groups is 1. The number of carbonyl (C=O) groups excluding carboxylic acids is 1. The summed E-state index contributed by atoms with van der Waals surface area (Å²) in [5, 5.41) is 21.7. The Hall–Kier alpha value is -3.11. The van der Waals surface area contributed by atoms with Gasteiger partial charge in [-0.1, -0.05) is 61.0 Å². The van der Waals surface area contributed by atoms with Crippen molar-refractivity contribution >= 4 is 38.9 Å². The Morgan fingerprint density at radius 1 is 1.02 bits per heavy atom. The fraction of sp³-hybridized carbons (Fsp3) is 0.406. The molecular formula is C32H41ClN4O4S. The van der Waals surface area contributed by atoms with Gasteiger partial charge in [-0.25, -0.2) is 8.42 Å². The van der Waals surface area contributed by atoms with Crippen LogP contribution in [0.15, 0.2) is 72.8 Å². The van der Waals surface area contributed by atoms with Crippen molar-refractivity contribution in [1.29, 1.82) is 0 Å². The molecule has 42 heavy (non-hydrogen) atoms. The first kappa shape index (κ1) is 31.8. The Labute approximate surface area is 254 Å². The van der Waals surface area contributed by atoms with Crippen LogP contribution in [0.4, 0.5) is 11.4 Å². The van der Waals surface area contributed by atoms with Crippen LogP contribution in [0.5, 0.6) is 0 Å². The van der Waals surface area contributed by atoms with Gasteiger partial charge in [0.1, 0.15) is 0 Å². The van der Waals surface area contributed by atoms with Gasteiger partial charge in [0.05, 0.1) is 23.6 Å². The normalized spacial score (nSPS) is 16.8. The summed E-state index contributed by atoms with van der Waals surface area (Å²) in [4.78, 5) is 13.7. The summed E-state index contributed by atoms with van der Waals surface area (Å²) in [5.41, 5.74) is 3.46. The van der Waals surface area contributed by atoms with E-state index in [4.69, 9.17) is 11.6 Å². The Bertz CT molecular complexity index is 1440. The van der Waals surface area contributed by atoms with Crippen LogP contribution in [0.1, 0.15) is 60.6 Å². The van der Waals surface area contributed by atoms with Crippen LogP contribution < -0.4 is 20.3 Å². The molecule has 226 valence electrons. The van der Waals surface area contributed by atoms with E-state index in [0.717, 1.165) is 24.0 Å². The highest BCUT2D eigenvalue weighted by molar-refractivity contribution is 7.92. The molecule has 3 aromatic rings. The van der Waals surface area contributed by atoms with E-state index < -0.39 is 22.2 Å². The van der Waals surface area contributed by atoms with E-state index in [-0.39, 0.29) is 24.2 Å². The number of aliphatic hydroxyl groups is 1. The average Bonchev–Trinajstić information content (AvgIpc) is 2.97. The van der Waals surface area contributed by atoms with E-state index in [1.54, 1.807) is 18.2 Å². The van der Waals surface area contributed by atoms with Crippen molar-refractivity contribution in [2.45, 2.75) is 57.7 Å². The molecule has 8 nitrogen and oxygen atoms in total. The molecule has 1 unspecified atom stereocenters. The predicted molar refractivity (Wildman–Crippen MR) is 171 cm³/mol. The summed E-state index contributed by atoms with van der Waals surface area (Å²) in [7, 11) is -3.45. The Morgan fingerprint density at radius 2 is 1.81 bits per heavy atom. The highest BCUT2D eigenvalue weighted by atomic mass is 35.5. The number of benzene rings is 3. The third kappa shape index (κ3) is 8.47. The summed E-state index contributed by atoms with van der Waals surface area (Å²) >= 11 is 6.21. The molecule has 0 aromatic heterocycles. The first-order valence-corrected chi connectivity index (χ1v) is 16.6. The van der Waals surface area contributed by atoms with Gasteiger partial charge in [-0.3, -0.25) is 9.10 Å². The molecule has 0 aliphatic carbocycles. The molecule has 1 amide bonds. The molecule has 10 heteroatoms. The molecule has 1 saturated heterocycles. The number of sulfonamides is 1. The van der Waals surface area contributed by atoms with Crippen LogP contribution in [-0.4, -0.2) is 57.0 Å². The highest BCUT2D eigenvalue weighted by Crippen LogP contribution is 2.28. The van der Waals surface area contributed by atoms with Crippen LogP contribution in [0.25, 0.3) is 0 Å². The Morgan fingerprint density at radius 3 is 2.50 bits per heavy atom. The molecule has 1 heterocycles. The lowest BCUT2D eigenvalue weighted by Crippen LogP contribution is -2.49. The number of nitrogens with one attached hydrogen (secondary N) is 3. The zero-order valence-corrected chi connectivity index (χ0v) is 25.8. The minimum Gasteiger partial charge on any atom is -0.390 e. The number of anilines is 2. The molecular weight excluding hydrogens is 572 g/mol.